The lowest BCUT2D eigenvalue weighted by Gasteiger charge is -2.17. The average Bonchev–Trinajstić information content (AvgIpc) is 3.07. The number of aromatic nitrogens is 2. The van der Waals surface area contributed by atoms with E-state index in [4.69, 9.17) is 0 Å². The van der Waals surface area contributed by atoms with E-state index < -0.39 is 0 Å². The van der Waals surface area contributed by atoms with E-state index in [-0.39, 0.29) is 12.1 Å². The fourth-order valence-electron chi connectivity index (χ4n) is 2.63. The number of benzene rings is 1. The third-order valence-corrected chi connectivity index (χ3v) is 4.96. The van der Waals surface area contributed by atoms with Gasteiger partial charge in [-0.05, 0) is 58.2 Å². The van der Waals surface area contributed by atoms with Crippen LogP contribution in [0.25, 0.3) is 11.0 Å². The normalized spacial score (nSPS) is 15.5. The van der Waals surface area contributed by atoms with Crippen LogP contribution in [0.1, 0.15) is 29.3 Å². The van der Waals surface area contributed by atoms with E-state index >= 15 is 0 Å². The van der Waals surface area contributed by atoms with Gasteiger partial charge in [0.1, 0.15) is 11.0 Å². The minimum Gasteiger partial charge on any atom is -0.334 e. The van der Waals surface area contributed by atoms with Gasteiger partial charge in [-0.1, -0.05) is 12.1 Å². The number of hydrogen-bond acceptors (Lipinski definition) is 5. The lowest BCUT2D eigenvalue weighted by atomic mass is 10.1. The second-order valence-electron chi connectivity index (χ2n) is 5.74. The highest BCUT2D eigenvalue weighted by Gasteiger charge is 2.33. The zero-order chi connectivity index (χ0) is 15.6. The molecule has 7 heteroatoms. The SMILES string of the molecule is O=C(NCc1ccc2nonc2c1)NC(c1cccs1)C1CC1. The van der Waals surface area contributed by atoms with E-state index in [0.717, 1.165) is 5.56 Å². The predicted octanol–water partition coefficient (Wildman–Crippen LogP) is 3.23. The molecule has 2 N–H and O–H groups in total. The Morgan fingerprint density at radius 1 is 1.30 bits per heavy atom. The summed E-state index contributed by atoms with van der Waals surface area (Å²) in [6.07, 6.45) is 2.36. The third kappa shape index (κ3) is 3.19. The molecule has 0 radical (unpaired) electrons. The van der Waals surface area contributed by atoms with Gasteiger partial charge in [0.15, 0.2) is 0 Å². The van der Waals surface area contributed by atoms with Gasteiger partial charge in [-0.3, -0.25) is 0 Å². The summed E-state index contributed by atoms with van der Waals surface area (Å²) in [5, 5.41) is 15.6. The first-order valence-corrected chi connectivity index (χ1v) is 8.46. The van der Waals surface area contributed by atoms with Crippen molar-refractivity contribution in [1.29, 1.82) is 0 Å². The van der Waals surface area contributed by atoms with Gasteiger partial charge >= 0.3 is 6.03 Å². The second kappa shape index (κ2) is 6.00. The van der Waals surface area contributed by atoms with Crippen molar-refractivity contribution < 1.29 is 9.42 Å². The van der Waals surface area contributed by atoms with Crippen LogP contribution < -0.4 is 10.6 Å². The van der Waals surface area contributed by atoms with E-state index in [2.05, 4.69) is 31.6 Å². The largest absolute Gasteiger partial charge is 0.334 e. The maximum atomic E-state index is 12.2. The molecule has 1 saturated carbocycles. The van der Waals surface area contributed by atoms with E-state index in [9.17, 15) is 4.79 Å². The maximum Gasteiger partial charge on any atom is 0.315 e. The van der Waals surface area contributed by atoms with Gasteiger partial charge < -0.3 is 10.6 Å². The van der Waals surface area contributed by atoms with Crippen LogP contribution in [0.2, 0.25) is 0 Å². The first kappa shape index (κ1) is 14.2. The molecule has 1 aromatic carbocycles. The molecule has 1 atom stereocenters. The highest BCUT2D eigenvalue weighted by atomic mass is 32.1. The van der Waals surface area contributed by atoms with Crippen LogP contribution in [0.5, 0.6) is 0 Å². The zero-order valence-electron chi connectivity index (χ0n) is 12.4. The highest BCUT2D eigenvalue weighted by molar-refractivity contribution is 7.10. The van der Waals surface area contributed by atoms with Gasteiger partial charge in [-0.2, -0.15) is 0 Å². The third-order valence-electron chi connectivity index (χ3n) is 4.00. The molecule has 6 nitrogen and oxygen atoms in total. The average molecular weight is 328 g/mol. The number of thiophene rings is 1. The van der Waals surface area contributed by atoms with Gasteiger partial charge in [0.25, 0.3) is 0 Å². The molecule has 2 heterocycles. The van der Waals surface area contributed by atoms with E-state index in [1.54, 1.807) is 11.3 Å². The van der Waals surface area contributed by atoms with Crippen LogP contribution in [0.3, 0.4) is 0 Å². The maximum absolute atomic E-state index is 12.2. The highest BCUT2D eigenvalue weighted by Crippen LogP contribution is 2.42. The monoisotopic (exact) mass is 328 g/mol. The number of carbonyl (C=O) groups is 1. The summed E-state index contributed by atoms with van der Waals surface area (Å²) < 4.78 is 4.67. The van der Waals surface area contributed by atoms with Crippen LogP contribution in [0.4, 0.5) is 4.79 Å². The van der Waals surface area contributed by atoms with E-state index in [1.807, 2.05) is 29.6 Å². The predicted molar refractivity (Wildman–Crippen MR) is 87.0 cm³/mol. The van der Waals surface area contributed by atoms with Crippen molar-refractivity contribution in [2.24, 2.45) is 5.92 Å². The number of rotatable bonds is 5. The molecule has 0 saturated heterocycles. The van der Waals surface area contributed by atoms with Crippen LogP contribution in [-0.2, 0) is 6.54 Å². The van der Waals surface area contributed by atoms with Crippen molar-refractivity contribution in [3.8, 4) is 0 Å². The summed E-state index contributed by atoms with van der Waals surface area (Å²) in [7, 11) is 0. The topological polar surface area (TPSA) is 80.1 Å². The van der Waals surface area contributed by atoms with E-state index in [1.165, 1.54) is 17.7 Å². The summed E-state index contributed by atoms with van der Waals surface area (Å²) >= 11 is 1.69. The molecular formula is C16H16N4O2S. The van der Waals surface area contributed by atoms with Gasteiger partial charge in [0.2, 0.25) is 0 Å². The Hall–Kier alpha value is -2.41. The Kier molecular flexibility index (Phi) is 3.70. The summed E-state index contributed by atoms with van der Waals surface area (Å²) in [6.45, 7) is 0.441. The fraction of sp³-hybridized carbons (Fsp3) is 0.312. The summed E-state index contributed by atoms with van der Waals surface area (Å²) in [5.74, 6) is 0.567. The molecule has 1 fully saturated rings. The number of nitrogens with zero attached hydrogens (tertiary/aromatic N) is 2. The quantitative estimate of drug-likeness (QED) is 0.753. The second-order valence-corrected chi connectivity index (χ2v) is 6.72. The zero-order valence-corrected chi connectivity index (χ0v) is 13.2. The fourth-order valence-corrected chi connectivity index (χ4v) is 3.50. The number of amides is 2. The molecule has 23 heavy (non-hydrogen) atoms. The standard InChI is InChI=1S/C16H16N4O2S/c21-16(18-15(11-4-5-11)14-2-1-7-23-14)17-9-10-3-6-12-13(8-10)20-22-19-12/h1-3,6-8,11,15H,4-5,9H2,(H2,17,18,21). The lowest BCUT2D eigenvalue weighted by Crippen LogP contribution is -2.38. The summed E-state index contributed by atoms with van der Waals surface area (Å²) in [4.78, 5) is 13.4. The lowest BCUT2D eigenvalue weighted by molar-refractivity contribution is 0.235. The molecule has 1 unspecified atom stereocenters. The number of nitrogens with one attached hydrogen (secondary N) is 2. The molecule has 2 aromatic heterocycles. The van der Waals surface area contributed by atoms with Crippen LogP contribution in [-0.4, -0.2) is 16.3 Å². The van der Waals surface area contributed by atoms with Crippen molar-refractivity contribution in [3.05, 3.63) is 46.2 Å². The van der Waals surface area contributed by atoms with Crippen molar-refractivity contribution in [1.82, 2.24) is 20.9 Å². The molecule has 3 aromatic rings. The van der Waals surface area contributed by atoms with E-state index in [0.29, 0.717) is 23.5 Å². The minimum absolute atomic E-state index is 0.122. The van der Waals surface area contributed by atoms with Crippen LogP contribution in [0.15, 0.2) is 40.3 Å². The number of urea groups is 1. The minimum atomic E-state index is -0.145. The van der Waals surface area contributed by atoms with Crippen molar-refractivity contribution in [3.63, 3.8) is 0 Å². The molecule has 2 amide bonds. The van der Waals surface area contributed by atoms with Crippen LogP contribution >= 0.6 is 11.3 Å². The molecule has 0 bridgehead atoms. The van der Waals surface area contributed by atoms with Crippen molar-refractivity contribution in [2.75, 3.05) is 0 Å². The number of carbonyl (C=O) groups excluding carboxylic acids is 1. The number of fused-ring (bicyclic) bond motifs is 1. The molecule has 1 aliphatic rings. The Bertz CT molecular complexity index is 810. The Morgan fingerprint density at radius 3 is 2.96 bits per heavy atom. The molecule has 4 rings (SSSR count). The van der Waals surface area contributed by atoms with Crippen molar-refractivity contribution >= 4 is 28.4 Å². The van der Waals surface area contributed by atoms with Crippen molar-refractivity contribution in [2.45, 2.75) is 25.4 Å². The van der Waals surface area contributed by atoms with Gasteiger partial charge in [-0.15, -0.1) is 11.3 Å². The Labute approximate surface area is 136 Å². The molecule has 118 valence electrons. The van der Waals surface area contributed by atoms with Gasteiger partial charge in [-0.25, -0.2) is 9.42 Å². The molecule has 0 aliphatic heterocycles. The Balaban J connectivity index is 1.37. The molecular weight excluding hydrogens is 312 g/mol. The van der Waals surface area contributed by atoms with Crippen LogP contribution in [0, 0.1) is 5.92 Å². The number of hydrogen-bond donors (Lipinski definition) is 2. The van der Waals surface area contributed by atoms with Gasteiger partial charge in [0, 0.05) is 11.4 Å². The van der Waals surface area contributed by atoms with Gasteiger partial charge in [0.05, 0.1) is 6.04 Å². The first-order valence-electron chi connectivity index (χ1n) is 7.58. The summed E-state index contributed by atoms with van der Waals surface area (Å²) in [5.41, 5.74) is 2.37. The molecule has 1 aliphatic carbocycles. The smallest absolute Gasteiger partial charge is 0.315 e. The Morgan fingerprint density at radius 2 is 2.17 bits per heavy atom. The first-order chi connectivity index (χ1) is 11.3. The summed E-state index contributed by atoms with van der Waals surface area (Å²) in [6, 6.07) is 9.69. The molecule has 0 spiro atoms.